The highest BCUT2D eigenvalue weighted by molar-refractivity contribution is 5.86. The van der Waals surface area contributed by atoms with Gasteiger partial charge in [-0.05, 0) is 51.8 Å². The Morgan fingerprint density at radius 1 is 1.22 bits per heavy atom. The fraction of sp³-hybridized carbons (Fsp3) is 0.400. The van der Waals surface area contributed by atoms with Crippen molar-refractivity contribution >= 4 is 12.0 Å². The van der Waals surface area contributed by atoms with Crippen LogP contribution in [0.5, 0.6) is 0 Å². The van der Waals surface area contributed by atoms with Gasteiger partial charge in [0.2, 0.25) is 0 Å². The molecule has 0 spiro atoms. The van der Waals surface area contributed by atoms with Crippen LogP contribution in [0.15, 0.2) is 24.3 Å². The Bertz CT molecular complexity index is 453. The summed E-state index contributed by atoms with van der Waals surface area (Å²) in [6.07, 6.45) is 3.09. The molecule has 0 aliphatic carbocycles. The molecule has 0 aromatic heterocycles. The summed E-state index contributed by atoms with van der Waals surface area (Å²) < 4.78 is 0. The molecule has 3 heteroatoms. The quantitative estimate of drug-likeness (QED) is 0.466. The molecule has 0 unspecified atom stereocenters. The summed E-state index contributed by atoms with van der Waals surface area (Å²) in [5.74, 6) is -0.509. The fourth-order valence-electron chi connectivity index (χ4n) is 1.36. The molecule has 0 aliphatic heterocycles. The lowest BCUT2D eigenvalue weighted by molar-refractivity contribution is -0.316. The first-order valence-corrected chi connectivity index (χ1v) is 5.93. The van der Waals surface area contributed by atoms with Crippen LogP contribution < -0.4 is 0 Å². The van der Waals surface area contributed by atoms with E-state index in [0.717, 1.165) is 11.1 Å². The van der Waals surface area contributed by atoms with E-state index >= 15 is 0 Å². The zero-order valence-electron chi connectivity index (χ0n) is 11.6. The average molecular weight is 248 g/mol. The maximum Gasteiger partial charge on any atom is 0.365 e. The zero-order chi connectivity index (χ0) is 13.8. The van der Waals surface area contributed by atoms with Gasteiger partial charge in [0.05, 0.1) is 0 Å². The molecule has 98 valence electrons. The number of hydrogen-bond acceptors (Lipinski definition) is 3. The van der Waals surface area contributed by atoms with E-state index < -0.39 is 11.6 Å². The SMILES string of the molecule is Cc1ccc(C=CC(=O)OOC(C)(C)C)c(C)c1. The summed E-state index contributed by atoms with van der Waals surface area (Å²) in [5.41, 5.74) is 2.82. The Hall–Kier alpha value is -1.61. The predicted octanol–water partition coefficient (Wildman–Crippen LogP) is 3.59. The molecule has 3 nitrogen and oxygen atoms in total. The molecule has 0 atom stereocenters. The summed E-state index contributed by atoms with van der Waals surface area (Å²) in [5, 5.41) is 0. The molecule has 0 aliphatic rings. The van der Waals surface area contributed by atoms with Crippen molar-refractivity contribution in [1.29, 1.82) is 0 Å². The van der Waals surface area contributed by atoms with Gasteiger partial charge in [-0.1, -0.05) is 23.8 Å². The molecular weight excluding hydrogens is 228 g/mol. The van der Waals surface area contributed by atoms with Crippen molar-refractivity contribution in [2.24, 2.45) is 0 Å². The van der Waals surface area contributed by atoms with Crippen LogP contribution >= 0.6 is 0 Å². The Morgan fingerprint density at radius 3 is 2.44 bits per heavy atom. The summed E-state index contributed by atoms with van der Waals surface area (Å²) in [7, 11) is 0. The molecule has 0 bridgehead atoms. The number of rotatable bonds is 3. The third-order valence-corrected chi connectivity index (χ3v) is 2.20. The third-order valence-electron chi connectivity index (χ3n) is 2.20. The fourth-order valence-corrected chi connectivity index (χ4v) is 1.36. The Labute approximate surface area is 108 Å². The molecule has 1 aromatic carbocycles. The van der Waals surface area contributed by atoms with E-state index in [9.17, 15) is 4.79 Å². The smallest absolute Gasteiger partial charge is 0.293 e. The van der Waals surface area contributed by atoms with Crippen molar-refractivity contribution < 1.29 is 14.6 Å². The predicted molar refractivity (Wildman–Crippen MR) is 71.9 cm³/mol. The summed E-state index contributed by atoms with van der Waals surface area (Å²) in [4.78, 5) is 21.0. The van der Waals surface area contributed by atoms with E-state index in [1.54, 1.807) is 6.08 Å². The van der Waals surface area contributed by atoms with E-state index in [1.165, 1.54) is 11.6 Å². The summed E-state index contributed by atoms with van der Waals surface area (Å²) >= 11 is 0. The second-order valence-electron chi connectivity index (χ2n) is 5.29. The van der Waals surface area contributed by atoms with Crippen molar-refractivity contribution in [3.05, 3.63) is 41.0 Å². The maximum absolute atomic E-state index is 11.4. The highest BCUT2D eigenvalue weighted by atomic mass is 17.2. The van der Waals surface area contributed by atoms with E-state index in [1.807, 2.05) is 46.8 Å². The topological polar surface area (TPSA) is 35.5 Å². The molecule has 0 radical (unpaired) electrons. The van der Waals surface area contributed by atoms with Gasteiger partial charge in [0.15, 0.2) is 0 Å². The number of hydrogen-bond donors (Lipinski definition) is 0. The van der Waals surface area contributed by atoms with Gasteiger partial charge in [0.25, 0.3) is 0 Å². The molecule has 0 heterocycles. The molecule has 0 amide bonds. The van der Waals surface area contributed by atoms with Crippen LogP contribution in [0, 0.1) is 13.8 Å². The van der Waals surface area contributed by atoms with Crippen molar-refractivity contribution in [2.45, 2.75) is 40.2 Å². The lowest BCUT2D eigenvalue weighted by atomic mass is 10.1. The number of carbonyl (C=O) groups excluding carboxylic acids is 1. The number of carbonyl (C=O) groups is 1. The Balaban J connectivity index is 2.61. The lowest BCUT2D eigenvalue weighted by Crippen LogP contribution is -2.21. The van der Waals surface area contributed by atoms with Crippen LogP contribution in [-0.4, -0.2) is 11.6 Å². The first kappa shape index (κ1) is 14.5. The van der Waals surface area contributed by atoms with Crippen LogP contribution in [0.4, 0.5) is 0 Å². The van der Waals surface area contributed by atoms with Crippen molar-refractivity contribution in [3.8, 4) is 0 Å². The normalized spacial score (nSPS) is 11.8. The van der Waals surface area contributed by atoms with Crippen LogP contribution in [0.1, 0.15) is 37.5 Å². The summed E-state index contributed by atoms with van der Waals surface area (Å²) in [6.45, 7) is 9.48. The zero-order valence-corrected chi connectivity index (χ0v) is 11.6. The van der Waals surface area contributed by atoms with E-state index in [-0.39, 0.29) is 0 Å². The molecule has 0 saturated heterocycles. The van der Waals surface area contributed by atoms with E-state index in [4.69, 9.17) is 4.89 Å². The number of benzene rings is 1. The standard InChI is InChI=1S/C15H20O3/c1-11-6-7-13(12(2)10-11)8-9-14(16)17-18-15(3,4)5/h6-10H,1-5H3. The van der Waals surface area contributed by atoms with Gasteiger partial charge in [-0.25, -0.2) is 4.79 Å². The average Bonchev–Trinajstić information content (AvgIpc) is 2.24. The first-order chi connectivity index (χ1) is 8.28. The Kier molecular flexibility index (Phi) is 4.68. The van der Waals surface area contributed by atoms with Gasteiger partial charge in [-0.15, -0.1) is 0 Å². The van der Waals surface area contributed by atoms with E-state index in [0.29, 0.717) is 0 Å². The second-order valence-corrected chi connectivity index (χ2v) is 5.29. The monoisotopic (exact) mass is 248 g/mol. The molecule has 0 N–H and O–H groups in total. The number of aryl methyl sites for hydroxylation is 2. The van der Waals surface area contributed by atoms with Crippen molar-refractivity contribution in [2.75, 3.05) is 0 Å². The van der Waals surface area contributed by atoms with Gasteiger partial charge >= 0.3 is 5.97 Å². The second kappa shape index (κ2) is 5.83. The van der Waals surface area contributed by atoms with Crippen LogP contribution in [0.25, 0.3) is 6.08 Å². The minimum absolute atomic E-state index is 0.497. The van der Waals surface area contributed by atoms with Crippen molar-refractivity contribution in [3.63, 3.8) is 0 Å². The van der Waals surface area contributed by atoms with Gasteiger partial charge in [-0.2, -0.15) is 4.89 Å². The van der Waals surface area contributed by atoms with Gasteiger partial charge < -0.3 is 0 Å². The minimum atomic E-state index is -0.509. The molecule has 1 aromatic rings. The van der Waals surface area contributed by atoms with Crippen LogP contribution in [0.2, 0.25) is 0 Å². The van der Waals surface area contributed by atoms with Crippen molar-refractivity contribution in [1.82, 2.24) is 0 Å². The lowest BCUT2D eigenvalue weighted by Gasteiger charge is -2.15. The molecule has 0 saturated carbocycles. The molecule has 1 rings (SSSR count). The third kappa shape index (κ3) is 5.15. The highest BCUT2D eigenvalue weighted by Crippen LogP contribution is 2.12. The molecular formula is C15H20O3. The molecule has 0 fully saturated rings. The van der Waals surface area contributed by atoms with Crippen LogP contribution in [-0.2, 0) is 14.6 Å². The summed E-state index contributed by atoms with van der Waals surface area (Å²) in [6, 6.07) is 6.04. The largest absolute Gasteiger partial charge is 0.365 e. The maximum atomic E-state index is 11.4. The highest BCUT2D eigenvalue weighted by Gasteiger charge is 2.13. The van der Waals surface area contributed by atoms with Gasteiger partial charge in [0, 0.05) is 6.08 Å². The molecule has 18 heavy (non-hydrogen) atoms. The van der Waals surface area contributed by atoms with Gasteiger partial charge in [-0.3, -0.25) is 4.89 Å². The van der Waals surface area contributed by atoms with E-state index in [2.05, 4.69) is 11.0 Å². The van der Waals surface area contributed by atoms with Gasteiger partial charge in [0.1, 0.15) is 5.60 Å². The van der Waals surface area contributed by atoms with Crippen LogP contribution in [0.3, 0.4) is 0 Å². The first-order valence-electron chi connectivity index (χ1n) is 5.93. The Morgan fingerprint density at radius 2 is 1.89 bits per heavy atom. The minimum Gasteiger partial charge on any atom is -0.293 e.